The van der Waals surface area contributed by atoms with Crippen LogP contribution in [0, 0.1) is 25.7 Å². The number of esters is 3. The Hall–Kier alpha value is -6.75. The van der Waals surface area contributed by atoms with Crippen LogP contribution in [-0.2, 0) is 50.1 Å². The third kappa shape index (κ3) is 7.44. The number of likely N-dealkylation sites (N-methyl/N-ethyl adjacent to an activating group) is 1. The third-order valence-electron chi connectivity index (χ3n) is 16.3. The lowest BCUT2D eigenvalue weighted by Crippen LogP contribution is -2.64. The highest BCUT2D eigenvalue weighted by molar-refractivity contribution is 7.99. The average Bonchev–Trinajstić information content (AvgIpc) is 4.06. The van der Waals surface area contributed by atoms with Crippen molar-refractivity contribution >= 4 is 47.6 Å². The van der Waals surface area contributed by atoms with E-state index in [0.717, 1.165) is 0 Å². The van der Waals surface area contributed by atoms with Gasteiger partial charge in [0.1, 0.15) is 18.6 Å². The summed E-state index contributed by atoms with van der Waals surface area (Å²) in [5.41, 5.74) is 2.04. The molecule has 3 N–H and O–H groups in total. The highest BCUT2D eigenvalue weighted by Crippen LogP contribution is 2.67. The number of phenols is 2. The quantitative estimate of drug-likeness (QED) is 0.120. The zero-order chi connectivity index (χ0) is 52.2. The Morgan fingerprint density at radius 2 is 1.61 bits per heavy atom. The molecule has 1 spiro atoms. The van der Waals surface area contributed by atoms with Crippen molar-refractivity contribution in [3.63, 3.8) is 0 Å². The molecule has 3 aromatic rings. The van der Waals surface area contributed by atoms with E-state index in [2.05, 4.69) is 0 Å². The molecule has 0 aromatic heterocycles. The Labute approximate surface area is 429 Å². The first kappa shape index (κ1) is 49.5. The summed E-state index contributed by atoms with van der Waals surface area (Å²) in [6.07, 6.45) is 2.34. The lowest BCUT2D eigenvalue weighted by molar-refractivity contribution is -0.181. The summed E-state index contributed by atoms with van der Waals surface area (Å²) in [6.45, 7) is 3.58. The molecule has 8 aliphatic heterocycles. The molecule has 1 saturated carbocycles. The van der Waals surface area contributed by atoms with Crippen LogP contribution in [0.25, 0.3) is 0 Å². The fourth-order valence-electron chi connectivity index (χ4n) is 13.0. The van der Waals surface area contributed by atoms with Gasteiger partial charge in [-0.1, -0.05) is 6.07 Å². The maximum atomic E-state index is 15.6. The summed E-state index contributed by atoms with van der Waals surface area (Å²) in [6, 6.07) is 1.72. The summed E-state index contributed by atoms with van der Waals surface area (Å²) in [5.74, 6) is -2.78. The molecule has 22 heteroatoms. The molecule has 3 fully saturated rings. The molecular formula is C52H56N4O17S. The maximum Gasteiger partial charge on any atom is 0.413 e. The zero-order valence-electron chi connectivity index (χ0n) is 41.5. The van der Waals surface area contributed by atoms with Crippen molar-refractivity contribution in [1.82, 2.24) is 19.6 Å². The molecule has 0 radical (unpaired) electrons. The third-order valence-corrected chi connectivity index (χ3v) is 17.8. The number of aromatic hydroxyl groups is 2. The average molecular weight is 1040 g/mol. The summed E-state index contributed by atoms with van der Waals surface area (Å²) >= 11 is 1.22. The van der Waals surface area contributed by atoms with Crippen LogP contribution in [0.2, 0.25) is 0 Å². The van der Waals surface area contributed by atoms with Crippen LogP contribution >= 0.6 is 11.8 Å². The second-order valence-electron chi connectivity index (χ2n) is 20.0. The molecular weight excluding hydrogens is 985 g/mol. The van der Waals surface area contributed by atoms with Crippen molar-refractivity contribution in [1.29, 1.82) is 0 Å². The monoisotopic (exact) mass is 1040 g/mol. The Bertz CT molecular complexity index is 2940. The van der Waals surface area contributed by atoms with E-state index in [-0.39, 0.29) is 84.1 Å². The maximum absolute atomic E-state index is 15.6. The first-order valence-corrected chi connectivity index (χ1v) is 25.6. The lowest BCUT2D eigenvalue weighted by Gasteiger charge is -2.58. The Morgan fingerprint density at radius 3 is 2.31 bits per heavy atom. The number of hydrogen-bond donors (Lipinski definition) is 3. The number of methoxy groups -OCH3 is 2. The van der Waals surface area contributed by atoms with Crippen LogP contribution in [-0.4, -0.2) is 143 Å². The highest BCUT2D eigenvalue weighted by Gasteiger charge is 2.64. The summed E-state index contributed by atoms with van der Waals surface area (Å²) in [5, 5.41) is 35.3. The molecule has 392 valence electrons. The largest absolute Gasteiger partial charge is 0.504 e. The van der Waals surface area contributed by atoms with Gasteiger partial charge in [0.25, 0.3) is 11.8 Å². The molecule has 7 atom stereocenters. The molecule has 21 nitrogen and oxygen atoms in total. The van der Waals surface area contributed by atoms with Crippen molar-refractivity contribution in [2.45, 2.75) is 94.1 Å². The number of fused-ring (bicyclic) bond motifs is 10. The van der Waals surface area contributed by atoms with E-state index in [4.69, 9.17) is 37.9 Å². The molecule has 2 saturated heterocycles. The fourth-order valence-corrected chi connectivity index (χ4v) is 14.7. The van der Waals surface area contributed by atoms with E-state index in [1.54, 1.807) is 6.92 Å². The van der Waals surface area contributed by atoms with Gasteiger partial charge in [0.15, 0.2) is 40.0 Å². The number of phenolic OH excluding ortho intramolecular Hbond substituents is 2. The van der Waals surface area contributed by atoms with Crippen LogP contribution in [0.5, 0.6) is 40.2 Å². The van der Waals surface area contributed by atoms with E-state index in [9.17, 15) is 39.3 Å². The minimum Gasteiger partial charge on any atom is -0.504 e. The van der Waals surface area contributed by atoms with Gasteiger partial charge < -0.3 is 53.2 Å². The van der Waals surface area contributed by atoms with Crippen molar-refractivity contribution in [3.05, 3.63) is 74.9 Å². The molecule has 9 aliphatic rings. The number of amides is 3. The van der Waals surface area contributed by atoms with Crippen LogP contribution in [0.3, 0.4) is 0 Å². The van der Waals surface area contributed by atoms with E-state index >= 15 is 4.79 Å². The molecule has 1 aliphatic carbocycles. The molecule has 4 bridgehead atoms. The van der Waals surface area contributed by atoms with E-state index in [1.165, 1.54) is 67.0 Å². The number of imide groups is 1. The van der Waals surface area contributed by atoms with Gasteiger partial charge >= 0.3 is 24.0 Å². The number of carbonyl (C=O) groups is 6. The normalized spacial score (nSPS) is 28.6. The number of hydrogen-bond acceptors (Lipinski definition) is 20. The number of piperazine rings is 1. The topological polar surface area (TPSA) is 250 Å². The van der Waals surface area contributed by atoms with Gasteiger partial charge in [-0.25, -0.2) is 9.59 Å². The molecule has 74 heavy (non-hydrogen) atoms. The molecule has 3 amide bonds. The van der Waals surface area contributed by atoms with Crippen LogP contribution in [0.15, 0.2) is 30.4 Å². The minimum atomic E-state index is -2.03. The van der Waals surface area contributed by atoms with Gasteiger partial charge in [-0.3, -0.25) is 38.8 Å². The summed E-state index contributed by atoms with van der Waals surface area (Å²) in [7, 11) is 4.69. The molecule has 12 rings (SSSR count). The Balaban J connectivity index is 0.979. The lowest BCUT2D eigenvalue weighted by atomic mass is 9.79. The van der Waals surface area contributed by atoms with Crippen LogP contribution in [0.4, 0.5) is 4.79 Å². The first-order valence-electron chi connectivity index (χ1n) is 24.6. The number of aliphatic hydroxyl groups is 1. The predicted octanol–water partition coefficient (Wildman–Crippen LogP) is 4.62. The predicted molar refractivity (Wildman–Crippen MR) is 257 cm³/mol. The number of rotatable bonds is 8. The Morgan fingerprint density at radius 1 is 0.878 bits per heavy atom. The van der Waals surface area contributed by atoms with Gasteiger partial charge in [-0.2, -0.15) is 0 Å². The number of carbonyl (C=O) groups excluding carboxylic acids is 6. The summed E-state index contributed by atoms with van der Waals surface area (Å²) < 4.78 is 47.6. The van der Waals surface area contributed by atoms with Gasteiger partial charge in [0.2, 0.25) is 13.6 Å². The van der Waals surface area contributed by atoms with Crippen molar-refractivity contribution in [3.8, 4) is 40.2 Å². The fraction of sp³-hybridized carbons (Fsp3) is 0.500. The number of aryl methyl sites for hydroxylation is 1. The van der Waals surface area contributed by atoms with Gasteiger partial charge in [-0.05, 0) is 93.3 Å². The number of thioether (sulfide) groups is 1. The second-order valence-corrected chi connectivity index (χ2v) is 21.2. The highest BCUT2D eigenvalue weighted by atomic mass is 32.2. The van der Waals surface area contributed by atoms with Gasteiger partial charge in [0, 0.05) is 66.2 Å². The van der Waals surface area contributed by atoms with E-state index in [0.29, 0.717) is 76.1 Å². The molecule has 3 aromatic carbocycles. The zero-order valence-corrected chi connectivity index (χ0v) is 42.4. The number of nitrogens with zero attached hydrogens (tertiary/aromatic N) is 4. The van der Waals surface area contributed by atoms with Crippen LogP contribution in [0.1, 0.15) is 100 Å². The van der Waals surface area contributed by atoms with Gasteiger partial charge in [-0.15, -0.1) is 11.8 Å². The smallest absolute Gasteiger partial charge is 0.413 e. The SMILES string of the molecule is COc1cc2c(cc1O)CCN(C(=O)OCOC(=O)C1CCC(CN3C(=O)C=CC3=O)CC1)[C@]21CS[C@@H]2c3c(OC(C)=O)c(C)c4c(c3[C@H](COC1=O)N1C(O)[C@H]3c5cc(C)c(OC)c(O)c5[C@@H]([C@H]21)N3C)OCO4. The van der Waals surface area contributed by atoms with Gasteiger partial charge in [0.05, 0.1) is 43.5 Å². The standard InChI is InChI=1S/C52H56N4O17S/c1-23-15-29-36(42(61)43(23)67-6)40-41-47-38-37(46-45(69-21-70-46)24(2)44(38)73-25(3)57)31(56(41)48(62)39(29)53(40)4)19-68-50(64)52(20-74-47)30-17-33(66-5)32(58)16-28(30)13-14-55(52)51(65)72-22-71-49(63)27-9-7-26(8-10-27)18-54-34(59)11-12-35(54)60/h11-12,15-17,26-27,31,39-41,47-48,58,61-62H,7-10,13-14,18-22H2,1-6H3/t26?,27?,31-,39+,40-,41+,47+,48?,52+/m0/s1. The molecule has 8 heterocycles. The first-order chi connectivity index (χ1) is 35.5. The second kappa shape index (κ2) is 18.6. The minimum absolute atomic E-state index is 0.0102. The molecule has 1 unspecified atom stereocenters. The number of benzene rings is 3. The van der Waals surface area contributed by atoms with Crippen molar-refractivity contribution < 1.29 is 82.0 Å². The van der Waals surface area contributed by atoms with Crippen molar-refractivity contribution in [2.75, 3.05) is 60.3 Å². The summed E-state index contributed by atoms with van der Waals surface area (Å²) in [4.78, 5) is 87.6. The van der Waals surface area contributed by atoms with E-state index < -0.39 is 84.5 Å². The number of aliphatic hydroxyl groups excluding tert-OH is 1. The Kier molecular flexibility index (Phi) is 12.4. The van der Waals surface area contributed by atoms with Crippen LogP contribution < -0.4 is 23.7 Å². The van der Waals surface area contributed by atoms with E-state index in [1.807, 2.05) is 29.8 Å². The van der Waals surface area contributed by atoms with Crippen molar-refractivity contribution in [2.24, 2.45) is 11.8 Å². The number of ether oxygens (including phenoxy) is 8.